The minimum Gasteiger partial charge on any atom is -0.486 e. The lowest BCUT2D eigenvalue weighted by molar-refractivity contribution is 0.171. The predicted octanol–water partition coefficient (Wildman–Crippen LogP) is 1.75. The summed E-state index contributed by atoms with van der Waals surface area (Å²) in [6, 6.07) is 5.89. The molecule has 0 radical (unpaired) electrons. The van der Waals surface area contributed by atoms with E-state index < -0.39 is 0 Å². The van der Waals surface area contributed by atoms with E-state index >= 15 is 0 Å². The van der Waals surface area contributed by atoms with Crippen LogP contribution in [0.25, 0.3) is 11.4 Å². The van der Waals surface area contributed by atoms with Crippen LogP contribution < -0.4 is 19.5 Å². The Morgan fingerprint density at radius 1 is 1.14 bits per heavy atom. The number of aromatic nitrogens is 3. The van der Waals surface area contributed by atoms with Crippen LogP contribution in [-0.4, -0.2) is 41.8 Å². The Morgan fingerprint density at radius 2 is 1.95 bits per heavy atom. The Morgan fingerprint density at radius 3 is 2.71 bits per heavy atom. The number of benzene rings is 1. The molecule has 2 aromatic rings. The van der Waals surface area contributed by atoms with Gasteiger partial charge in [0.2, 0.25) is 5.95 Å². The van der Waals surface area contributed by atoms with Crippen molar-refractivity contribution in [3.63, 3.8) is 0 Å². The second-order valence-electron chi connectivity index (χ2n) is 4.31. The van der Waals surface area contributed by atoms with Crippen LogP contribution in [0.5, 0.6) is 17.5 Å². The van der Waals surface area contributed by atoms with Crippen molar-refractivity contribution >= 4 is 5.95 Å². The van der Waals surface area contributed by atoms with Crippen LogP contribution in [0.1, 0.15) is 6.92 Å². The van der Waals surface area contributed by atoms with Crippen LogP contribution in [-0.2, 0) is 0 Å². The molecule has 0 spiro atoms. The van der Waals surface area contributed by atoms with E-state index in [1.807, 2.05) is 25.1 Å². The fraction of sp³-hybridized carbons (Fsp3) is 0.357. The summed E-state index contributed by atoms with van der Waals surface area (Å²) in [5.41, 5.74) is 0.819. The fourth-order valence-corrected chi connectivity index (χ4v) is 1.97. The standard InChI is InChI=1S/C14H16N4O3/c1-3-19-14-17-12(16-13(15-2)18-14)9-4-5-10-11(8-9)21-7-6-20-10/h4-5,8H,3,6-7H2,1-2H3,(H,15,16,17,18). The highest BCUT2D eigenvalue weighted by molar-refractivity contribution is 5.62. The third-order valence-corrected chi connectivity index (χ3v) is 2.91. The highest BCUT2D eigenvalue weighted by Gasteiger charge is 2.15. The normalized spacial score (nSPS) is 12.9. The van der Waals surface area contributed by atoms with Gasteiger partial charge < -0.3 is 19.5 Å². The topological polar surface area (TPSA) is 78.4 Å². The molecule has 0 saturated carbocycles. The molecule has 1 aromatic carbocycles. The van der Waals surface area contributed by atoms with Crippen LogP contribution in [0.2, 0.25) is 0 Å². The highest BCUT2D eigenvalue weighted by Crippen LogP contribution is 2.33. The van der Waals surface area contributed by atoms with Crippen molar-refractivity contribution in [2.45, 2.75) is 6.92 Å². The van der Waals surface area contributed by atoms with Gasteiger partial charge in [-0.25, -0.2) is 0 Å². The average molecular weight is 288 g/mol. The van der Waals surface area contributed by atoms with Crippen molar-refractivity contribution in [3.8, 4) is 28.9 Å². The molecule has 0 unspecified atom stereocenters. The summed E-state index contributed by atoms with van der Waals surface area (Å²) in [4.78, 5) is 12.8. The zero-order chi connectivity index (χ0) is 14.7. The van der Waals surface area contributed by atoms with Gasteiger partial charge in [0.1, 0.15) is 13.2 Å². The van der Waals surface area contributed by atoms with Crippen LogP contribution in [0, 0.1) is 0 Å². The van der Waals surface area contributed by atoms with Gasteiger partial charge in [-0.1, -0.05) is 0 Å². The number of nitrogens with zero attached hydrogens (tertiary/aromatic N) is 3. The van der Waals surface area contributed by atoms with Crippen molar-refractivity contribution in [2.24, 2.45) is 0 Å². The monoisotopic (exact) mass is 288 g/mol. The Balaban J connectivity index is 2.00. The zero-order valence-corrected chi connectivity index (χ0v) is 11.9. The fourth-order valence-electron chi connectivity index (χ4n) is 1.97. The van der Waals surface area contributed by atoms with Gasteiger partial charge >= 0.3 is 6.01 Å². The molecule has 0 atom stereocenters. The van der Waals surface area contributed by atoms with Crippen molar-refractivity contribution in [1.82, 2.24) is 15.0 Å². The van der Waals surface area contributed by atoms with E-state index in [9.17, 15) is 0 Å². The molecule has 110 valence electrons. The molecule has 0 aliphatic carbocycles. The van der Waals surface area contributed by atoms with E-state index in [4.69, 9.17) is 14.2 Å². The van der Waals surface area contributed by atoms with Gasteiger partial charge in [-0.15, -0.1) is 0 Å². The summed E-state index contributed by atoms with van der Waals surface area (Å²) in [6.45, 7) is 3.48. The van der Waals surface area contributed by atoms with Gasteiger partial charge in [0.25, 0.3) is 0 Å². The van der Waals surface area contributed by atoms with Crippen molar-refractivity contribution < 1.29 is 14.2 Å². The Kier molecular flexibility index (Phi) is 3.72. The maximum absolute atomic E-state index is 5.58. The molecule has 1 aliphatic rings. The van der Waals surface area contributed by atoms with E-state index in [2.05, 4.69) is 20.3 Å². The third-order valence-electron chi connectivity index (χ3n) is 2.91. The summed E-state index contributed by atoms with van der Waals surface area (Å²) in [6.07, 6.45) is 0. The van der Waals surface area contributed by atoms with Crippen molar-refractivity contribution in [2.75, 3.05) is 32.2 Å². The quantitative estimate of drug-likeness (QED) is 0.918. The van der Waals surface area contributed by atoms with Gasteiger partial charge in [-0.05, 0) is 25.1 Å². The van der Waals surface area contributed by atoms with Gasteiger partial charge in [-0.2, -0.15) is 15.0 Å². The van der Waals surface area contributed by atoms with Gasteiger partial charge in [0.05, 0.1) is 6.61 Å². The highest BCUT2D eigenvalue weighted by atomic mass is 16.6. The number of hydrogen-bond acceptors (Lipinski definition) is 7. The lowest BCUT2D eigenvalue weighted by Gasteiger charge is -2.18. The molecule has 1 N–H and O–H groups in total. The lowest BCUT2D eigenvalue weighted by atomic mass is 10.2. The Labute approximate surface area is 122 Å². The number of hydrogen-bond donors (Lipinski definition) is 1. The maximum atomic E-state index is 5.58. The molecular formula is C14H16N4O3. The Bertz CT molecular complexity index is 648. The number of nitrogens with one attached hydrogen (secondary N) is 1. The molecule has 0 bridgehead atoms. The molecule has 2 heterocycles. The second-order valence-corrected chi connectivity index (χ2v) is 4.31. The van der Waals surface area contributed by atoms with Gasteiger partial charge in [0, 0.05) is 12.6 Å². The summed E-state index contributed by atoms with van der Waals surface area (Å²) < 4.78 is 16.4. The molecule has 1 aromatic heterocycles. The smallest absolute Gasteiger partial charge is 0.321 e. The van der Waals surface area contributed by atoms with Gasteiger partial charge in [-0.3, -0.25) is 0 Å². The number of ether oxygens (including phenoxy) is 3. The molecule has 7 nitrogen and oxygen atoms in total. The van der Waals surface area contributed by atoms with E-state index in [1.54, 1.807) is 7.05 Å². The minimum atomic E-state index is 0.293. The first-order valence-electron chi connectivity index (χ1n) is 6.77. The maximum Gasteiger partial charge on any atom is 0.321 e. The van der Waals surface area contributed by atoms with E-state index in [-0.39, 0.29) is 0 Å². The van der Waals surface area contributed by atoms with Crippen LogP contribution in [0.4, 0.5) is 5.95 Å². The largest absolute Gasteiger partial charge is 0.486 e. The van der Waals surface area contributed by atoms with Crippen LogP contribution >= 0.6 is 0 Å². The molecule has 0 saturated heterocycles. The van der Waals surface area contributed by atoms with Gasteiger partial charge in [0.15, 0.2) is 17.3 Å². The molecule has 1 aliphatic heterocycles. The van der Waals surface area contributed by atoms with E-state index in [1.165, 1.54) is 0 Å². The first kappa shape index (κ1) is 13.4. The van der Waals surface area contributed by atoms with Crippen molar-refractivity contribution in [3.05, 3.63) is 18.2 Å². The minimum absolute atomic E-state index is 0.293. The molecule has 21 heavy (non-hydrogen) atoms. The SMILES string of the molecule is CCOc1nc(NC)nc(-c2ccc3c(c2)OCCO3)n1. The summed E-state index contributed by atoms with van der Waals surface area (Å²) in [5, 5.41) is 2.90. The predicted molar refractivity (Wildman–Crippen MR) is 77.0 cm³/mol. The second kappa shape index (κ2) is 5.82. The molecule has 0 fully saturated rings. The first-order chi connectivity index (χ1) is 10.3. The third kappa shape index (κ3) is 2.81. The molecule has 0 amide bonds. The first-order valence-corrected chi connectivity index (χ1v) is 6.77. The number of rotatable bonds is 4. The summed E-state index contributed by atoms with van der Waals surface area (Å²) in [5.74, 6) is 2.41. The molecular weight excluding hydrogens is 272 g/mol. The van der Waals surface area contributed by atoms with E-state index in [0.717, 1.165) is 11.3 Å². The molecule has 3 rings (SSSR count). The average Bonchev–Trinajstić information content (AvgIpc) is 2.54. The van der Waals surface area contributed by atoms with Crippen LogP contribution in [0.3, 0.4) is 0 Å². The number of anilines is 1. The summed E-state index contributed by atoms with van der Waals surface area (Å²) >= 11 is 0. The number of fused-ring (bicyclic) bond motifs is 1. The Hall–Kier alpha value is -2.57. The summed E-state index contributed by atoms with van der Waals surface area (Å²) in [7, 11) is 1.75. The van der Waals surface area contributed by atoms with Crippen molar-refractivity contribution in [1.29, 1.82) is 0 Å². The molecule has 7 heteroatoms. The zero-order valence-electron chi connectivity index (χ0n) is 11.9. The van der Waals surface area contributed by atoms with Crippen LogP contribution in [0.15, 0.2) is 18.2 Å². The van der Waals surface area contributed by atoms with E-state index in [0.29, 0.717) is 43.4 Å². The lowest BCUT2D eigenvalue weighted by Crippen LogP contribution is -2.15.